The quantitative estimate of drug-likeness (QED) is 0.728. The summed E-state index contributed by atoms with van der Waals surface area (Å²) in [6, 6.07) is 15.2. The molecular formula is C22H25ClN2O3. The second-order valence-electron chi connectivity index (χ2n) is 7.17. The number of methoxy groups -OCH3 is 1. The first kappa shape index (κ1) is 20.2. The molecule has 3 rings (SSSR count). The Morgan fingerprint density at radius 1 is 1.00 bits per heavy atom. The van der Waals surface area contributed by atoms with Gasteiger partial charge in [0, 0.05) is 23.5 Å². The van der Waals surface area contributed by atoms with Crippen molar-refractivity contribution >= 4 is 23.4 Å². The highest BCUT2D eigenvalue weighted by molar-refractivity contribution is 6.35. The molecule has 5 nitrogen and oxygen atoms in total. The van der Waals surface area contributed by atoms with Gasteiger partial charge < -0.3 is 15.4 Å². The molecule has 2 amide bonds. The minimum Gasteiger partial charge on any atom is -0.497 e. The first-order valence-electron chi connectivity index (χ1n) is 9.48. The summed E-state index contributed by atoms with van der Waals surface area (Å²) in [5.74, 6) is -0.463. The Balaban J connectivity index is 1.59. The Bertz CT molecular complexity index is 830. The number of carbonyl (C=O) groups is 2. The molecule has 0 aliphatic heterocycles. The number of carbonyl (C=O) groups excluding carboxylic acids is 2. The van der Waals surface area contributed by atoms with Gasteiger partial charge >= 0.3 is 11.8 Å². The predicted molar refractivity (Wildman–Crippen MR) is 109 cm³/mol. The highest BCUT2D eigenvalue weighted by Gasteiger charge is 2.36. The van der Waals surface area contributed by atoms with Crippen LogP contribution in [0, 0.1) is 0 Å². The van der Waals surface area contributed by atoms with Crippen molar-refractivity contribution in [1.82, 2.24) is 10.6 Å². The van der Waals surface area contributed by atoms with E-state index in [4.69, 9.17) is 16.3 Å². The molecule has 1 aliphatic carbocycles. The lowest BCUT2D eigenvalue weighted by Crippen LogP contribution is -2.45. The molecule has 0 aromatic heterocycles. The summed E-state index contributed by atoms with van der Waals surface area (Å²) >= 11 is 6.08. The predicted octanol–water partition coefficient (Wildman–Crippen LogP) is 3.59. The van der Waals surface area contributed by atoms with Crippen LogP contribution in [0.5, 0.6) is 5.75 Å². The van der Waals surface area contributed by atoms with Crippen LogP contribution in [0.4, 0.5) is 0 Å². The molecule has 0 radical (unpaired) electrons. The number of amides is 2. The lowest BCUT2D eigenvalue weighted by atomic mass is 9.78. The smallest absolute Gasteiger partial charge is 0.309 e. The van der Waals surface area contributed by atoms with E-state index in [0.29, 0.717) is 11.6 Å². The maximum absolute atomic E-state index is 12.3. The first-order chi connectivity index (χ1) is 13.5. The number of hydrogen-bond acceptors (Lipinski definition) is 3. The zero-order valence-electron chi connectivity index (χ0n) is 16.0. The van der Waals surface area contributed by atoms with Crippen molar-refractivity contribution in [1.29, 1.82) is 0 Å². The van der Waals surface area contributed by atoms with Crippen LogP contribution in [-0.4, -0.2) is 25.5 Å². The van der Waals surface area contributed by atoms with Gasteiger partial charge in [-0.1, -0.05) is 54.8 Å². The lowest BCUT2D eigenvalue weighted by Gasteiger charge is -2.30. The molecule has 148 valence electrons. The molecule has 0 saturated heterocycles. The Kier molecular flexibility index (Phi) is 6.57. The van der Waals surface area contributed by atoms with Crippen molar-refractivity contribution in [2.24, 2.45) is 0 Å². The topological polar surface area (TPSA) is 67.4 Å². The minimum absolute atomic E-state index is 0.134. The van der Waals surface area contributed by atoms with Crippen molar-refractivity contribution in [3.05, 3.63) is 64.7 Å². The van der Waals surface area contributed by atoms with E-state index in [0.717, 1.165) is 37.0 Å². The normalized spacial score (nSPS) is 15.1. The summed E-state index contributed by atoms with van der Waals surface area (Å²) in [5.41, 5.74) is 1.81. The van der Waals surface area contributed by atoms with E-state index >= 15 is 0 Å². The Morgan fingerprint density at radius 3 is 2.29 bits per heavy atom. The number of ether oxygens (including phenoxy) is 1. The largest absolute Gasteiger partial charge is 0.497 e. The Labute approximate surface area is 170 Å². The Morgan fingerprint density at radius 2 is 1.64 bits per heavy atom. The third-order valence-electron chi connectivity index (χ3n) is 5.45. The van der Waals surface area contributed by atoms with Gasteiger partial charge in [0.15, 0.2) is 0 Å². The average Bonchev–Trinajstić information content (AvgIpc) is 3.21. The van der Waals surface area contributed by atoms with E-state index in [1.165, 1.54) is 5.56 Å². The van der Waals surface area contributed by atoms with E-state index in [9.17, 15) is 9.59 Å². The maximum atomic E-state index is 12.3. The summed E-state index contributed by atoms with van der Waals surface area (Å²) in [6.07, 6.45) is 4.20. The maximum Gasteiger partial charge on any atom is 0.309 e. The molecule has 1 saturated carbocycles. The van der Waals surface area contributed by atoms with E-state index in [-0.39, 0.29) is 12.0 Å². The number of hydrogen-bond donors (Lipinski definition) is 2. The fraction of sp³-hybridized carbons (Fsp3) is 0.364. The van der Waals surface area contributed by atoms with Gasteiger partial charge in [-0.2, -0.15) is 0 Å². The second kappa shape index (κ2) is 9.11. The van der Waals surface area contributed by atoms with Crippen molar-refractivity contribution in [2.45, 2.75) is 37.6 Å². The summed E-state index contributed by atoms with van der Waals surface area (Å²) in [6.45, 7) is 0.660. The molecule has 0 atom stereocenters. The van der Waals surface area contributed by atoms with Gasteiger partial charge in [0.1, 0.15) is 5.75 Å². The van der Waals surface area contributed by atoms with Gasteiger partial charge in [0.05, 0.1) is 7.11 Å². The summed E-state index contributed by atoms with van der Waals surface area (Å²) < 4.78 is 5.23. The first-order valence-corrected chi connectivity index (χ1v) is 9.86. The molecule has 2 aromatic rings. The lowest BCUT2D eigenvalue weighted by molar-refractivity contribution is -0.139. The van der Waals surface area contributed by atoms with Gasteiger partial charge in [-0.15, -0.1) is 0 Å². The van der Waals surface area contributed by atoms with Crippen LogP contribution in [0.2, 0.25) is 5.02 Å². The summed E-state index contributed by atoms with van der Waals surface area (Å²) in [4.78, 5) is 24.5. The van der Waals surface area contributed by atoms with Gasteiger partial charge in [0.2, 0.25) is 0 Å². The van der Waals surface area contributed by atoms with Crippen LogP contribution in [0.3, 0.4) is 0 Å². The fourth-order valence-corrected chi connectivity index (χ4v) is 3.99. The van der Waals surface area contributed by atoms with Gasteiger partial charge in [-0.25, -0.2) is 0 Å². The average molecular weight is 401 g/mol. The molecule has 1 fully saturated rings. The van der Waals surface area contributed by atoms with Gasteiger partial charge in [-0.3, -0.25) is 9.59 Å². The van der Waals surface area contributed by atoms with E-state index < -0.39 is 11.8 Å². The standard InChI is InChI=1S/C22H25ClN2O3/c1-28-18-10-8-17(9-11-18)22(12-4-5-13-22)15-25-21(27)20(26)24-14-16-6-2-3-7-19(16)23/h2-3,6-11H,4-5,12-15H2,1H3,(H,24,26)(H,25,27). The molecular weight excluding hydrogens is 376 g/mol. The Hall–Kier alpha value is -2.53. The fourth-order valence-electron chi connectivity index (χ4n) is 3.79. The molecule has 28 heavy (non-hydrogen) atoms. The summed E-state index contributed by atoms with van der Waals surface area (Å²) in [7, 11) is 1.64. The van der Waals surface area contributed by atoms with E-state index in [1.807, 2.05) is 42.5 Å². The molecule has 1 aliphatic rings. The zero-order chi connectivity index (χ0) is 20.0. The molecule has 0 spiro atoms. The van der Waals surface area contributed by atoms with E-state index in [1.54, 1.807) is 13.2 Å². The van der Waals surface area contributed by atoms with E-state index in [2.05, 4.69) is 10.6 Å². The highest BCUT2D eigenvalue weighted by atomic mass is 35.5. The number of halogens is 1. The third-order valence-corrected chi connectivity index (χ3v) is 5.82. The SMILES string of the molecule is COc1ccc(C2(CNC(=O)C(=O)NCc3ccccc3Cl)CCCC2)cc1. The number of benzene rings is 2. The summed E-state index contributed by atoms with van der Waals surface area (Å²) in [5, 5.41) is 6.02. The number of nitrogens with one attached hydrogen (secondary N) is 2. The van der Waals surface area contributed by atoms with Crippen molar-refractivity contribution in [3.63, 3.8) is 0 Å². The monoisotopic (exact) mass is 400 g/mol. The molecule has 0 unspecified atom stereocenters. The van der Waals surface area contributed by atoms with Gasteiger partial charge in [0.25, 0.3) is 0 Å². The van der Waals surface area contributed by atoms with Crippen LogP contribution in [0.25, 0.3) is 0 Å². The van der Waals surface area contributed by atoms with Crippen molar-refractivity contribution in [2.75, 3.05) is 13.7 Å². The van der Waals surface area contributed by atoms with Crippen LogP contribution >= 0.6 is 11.6 Å². The molecule has 0 bridgehead atoms. The molecule has 2 aromatic carbocycles. The van der Waals surface area contributed by atoms with Crippen LogP contribution in [0.15, 0.2) is 48.5 Å². The van der Waals surface area contributed by atoms with Crippen molar-refractivity contribution in [3.8, 4) is 5.75 Å². The van der Waals surface area contributed by atoms with Crippen LogP contribution < -0.4 is 15.4 Å². The molecule has 2 N–H and O–H groups in total. The molecule has 0 heterocycles. The number of rotatable bonds is 6. The van der Waals surface area contributed by atoms with Crippen LogP contribution in [0.1, 0.15) is 36.8 Å². The highest BCUT2D eigenvalue weighted by Crippen LogP contribution is 2.41. The third kappa shape index (κ3) is 4.65. The molecule has 6 heteroatoms. The van der Waals surface area contributed by atoms with Crippen molar-refractivity contribution < 1.29 is 14.3 Å². The zero-order valence-corrected chi connectivity index (χ0v) is 16.7. The van der Waals surface area contributed by atoms with Crippen LogP contribution in [-0.2, 0) is 21.5 Å². The minimum atomic E-state index is -0.650. The second-order valence-corrected chi connectivity index (χ2v) is 7.58. The van der Waals surface area contributed by atoms with Gasteiger partial charge in [-0.05, 0) is 42.2 Å².